The van der Waals surface area contributed by atoms with E-state index in [2.05, 4.69) is 0 Å². The number of carbonyl (C=O) groups excluding carboxylic acids is 1. The molecule has 0 bridgehead atoms. The van der Waals surface area contributed by atoms with Gasteiger partial charge in [0.2, 0.25) is 0 Å². The number of amides is 1. The normalized spacial score (nSPS) is 10.4. The third-order valence-electron chi connectivity index (χ3n) is 2.42. The van der Waals surface area contributed by atoms with Crippen molar-refractivity contribution in [2.75, 3.05) is 0 Å². The van der Waals surface area contributed by atoms with E-state index >= 15 is 0 Å². The number of rotatable bonds is 2. The molecule has 2 rings (SSSR count). The van der Waals surface area contributed by atoms with Gasteiger partial charge in [0.25, 0.3) is 0 Å². The smallest absolute Gasteiger partial charge is 0.475 e. The first-order valence-electron chi connectivity index (χ1n) is 6.02. The van der Waals surface area contributed by atoms with E-state index in [9.17, 15) is 18.0 Å². The summed E-state index contributed by atoms with van der Waals surface area (Å²) in [5, 5.41) is 11.1. The van der Waals surface area contributed by atoms with Crippen LogP contribution >= 0.6 is 11.3 Å². The highest BCUT2D eigenvalue weighted by atomic mass is 32.1. The lowest BCUT2D eigenvalue weighted by Crippen LogP contribution is -2.21. The molecule has 0 fully saturated rings. The first-order valence-corrected chi connectivity index (χ1v) is 6.96. The standard InChI is InChI=1S/C12H11NO2S.C2HF3O2/c1-8-2-3-10(9-4-5-16-7-9)11(6-8)15-12(13)14;3-2(4,5)1(6)7/h2-7H,1H3,(H2,13,14);(H,6,7). The van der Waals surface area contributed by atoms with E-state index in [0.717, 1.165) is 16.7 Å². The minimum absolute atomic E-state index is 0.505. The Balaban J connectivity index is 0.000000322. The number of aryl methyl sites for hydroxylation is 1. The highest BCUT2D eigenvalue weighted by Gasteiger charge is 2.38. The molecule has 0 spiro atoms. The topological polar surface area (TPSA) is 89.6 Å². The van der Waals surface area contributed by atoms with Crippen molar-refractivity contribution in [2.45, 2.75) is 13.1 Å². The van der Waals surface area contributed by atoms with Gasteiger partial charge in [-0.2, -0.15) is 24.5 Å². The van der Waals surface area contributed by atoms with E-state index in [1.165, 1.54) is 0 Å². The third kappa shape index (κ3) is 5.99. The molecule has 124 valence electrons. The van der Waals surface area contributed by atoms with Crippen LogP contribution in [0.25, 0.3) is 11.1 Å². The second kappa shape index (κ2) is 7.63. The number of halogens is 3. The monoisotopic (exact) mass is 347 g/mol. The van der Waals surface area contributed by atoms with Gasteiger partial charge in [0.05, 0.1) is 0 Å². The Hall–Kier alpha value is -2.55. The quantitative estimate of drug-likeness (QED) is 0.864. The van der Waals surface area contributed by atoms with Crippen LogP contribution in [0, 0.1) is 6.92 Å². The summed E-state index contributed by atoms with van der Waals surface area (Å²) in [5.74, 6) is -2.25. The van der Waals surface area contributed by atoms with Crippen LogP contribution in [0.5, 0.6) is 5.75 Å². The fourth-order valence-corrected chi connectivity index (χ4v) is 2.13. The van der Waals surface area contributed by atoms with Crippen molar-refractivity contribution in [3.05, 3.63) is 40.6 Å². The third-order valence-corrected chi connectivity index (χ3v) is 3.11. The average molecular weight is 347 g/mol. The summed E-state index contributed by atoms with van der Waals surface area (Å²) in [4.78, 5) is 19.7. The molecule has 9 heteroatoms. The van der Waals surface area contributed by atoms with Crippen LogP contribution in [0.2, 0.25) is 0 Å². The minimum Gasteiger partial charge on any atom is -0.475 e. The van der Waals surface area contributed by atoms with Crippen LogP contribution in [0.3, 0.4) is 0 Å². The zero-order chi connectivity index (χ0) is 17.6. The van der Waals surface area contributed by atoms with Crippen molar-refractivity contribution in [2.24, 2.45) is 5.73 Å². The molecule has 0 atom stereocenters. The van der Waals surface area contributed by atoms with E-state index in [-0.39, 0.29) is 0 Å². The lowest BCUT2D eigenvalue weighted by Gasteiger charge is -2.08. The van der Waals surface area contributed by atoms with Crippen molar-refractivity contribution in [3.8, 4) is 16.9 Å². The number of benzene rings is 1. The summed E-state index contributed by atoms with van der Waals surface area (Å²) < 4.78 is 36.7. The van der Waals surface area contributed by atoms with Crippen LogP contribution in [-0.4, -0.2) is 23.3 Å². The first-order chi connectivity index (χ1) is 10.6. The van der Waals surface area contributed by atoms with Gasteiger partial charge in [-0.1, -0.05) is 12.1 Å². The summed E-state index contributed by atoms with van der Waals surface area (Å²) >= 11 is 1.59. The van der Waals surface area contributed by atoms with E-state index in [1.807, 2.05) is 35.9 Å². The van der Waals surface area contributed by atoms with E-state index in [1.54, 1.807) is 17.4 Å². The number of carboxylic acids is 1. The molecule has 1 aromatic heterocycles. The molecule has 0 saturated heterocycles. The Bertz CT molecular complexity index is 684. The molecule has 0 aliphatic heterocycles. The SMILES string of the molecule is Cc1ccc(-c2ccsc2)c(OC(N)=O)c1.O=C(O)C(F)(F)F. The van der Waals surface area contributed by atoms with Crippen molar-refractivity contribution in [1.82, 2.24) is 0 Å². The van der Waals surface area contributed by atoms with Gasteiger partial charge in [-0.25, -0.2) is 9.59 Å². The molecule has 23 heavy (non-hydrogen) atoms. The molecule has 0 radical (unpaired) electrons. The number of primary amides is 1. The van der Waals surface area contributed by atoms with Crippen LogP contribution in [0.15, 0.2) is 35.0 Å². The van der Waals surface area contributed by atoms with Gasteiger partial charge in [-0.15, -0.1) is 0 Å². The van der Waals surface area contributed by atoms with Crippen LogP contribution in [0.1, 0.15) is 5.56 Å². The number of nitrogens with two attached hydrogens (primary N) is 1. The molecule has 1 heterocycles. The number of carbonyl (C=O) groups is 2. The van der Waals surface area contributed by atoms with Crippen molar-refractivity contribution >= 4 is 23.4 Å². The molecule has 2 aromatic rings. The Morgan fingerprint density at radius 3 is 2.30 bits per heavy atom. The molecular formula is C14H12F3NO4S. The van der Waals surface area contributed by atoms with Gasteiger partial charge in [-0.05, 0) is 40.9 Å². The number of thiophene rings is 1. The molecule has 0 aliphatic rings. The molecule has 0 unspecified atom stereocenters. The molecule has 1 aromatic carbocycles. The summed E-state index contributed by atoms with van der Waals surface area (Å²) in [6.07, 6.45) is -5.87. The summed E-state index contributed by atoms with van der Waals surface area (Å²) in [5.41, 5.74) is 7.97. The van der Waals surface area contributed by atoms with Crippen LogP contribution in [-0.2, 0) is 4.79 Å². The zero-order valence-corrected chi connectivity index (χ0v) is 12.6. The Kier molecular flexibility index (Phi) is 6.14. The molecule has 0 aliphatic carbocycles. The van der Waals surface area contributed by atoms with Crippen molar-refractivity contribution in [1.29, 1.82) is 0 Å². The molecule has 3 N–H and O–H groups in total. The maximum atomic E-state index is 10.8. The molecular weight excluding hydrogens is 335 g/mol. The van der Waals surface area contributed by atoms with Gasteiger partial charge >= 0.3 is 18.2 Å². The highest BCUT2D eigenvalue weighted by Crippen LogP contribution is 2.32. The maximum Gasteiger partial charge on any atom is 0.490 e. The summed E-state index contributed by atoms with van der Waals surface area (Å²) in [6.45, 7) is 1.94. The van der Waals surface area contributed by atoms with E-state index in [0.29, 0.717) is 5.75 Å². The van der Waals surface area contributed by atoms with E-state index in [4.69, 9.17) is 20.4 Å². The number of aliphatic carboxylic acids is 1. The fraction of sp³-hybridized carbons (Fsp3) is 0.143. The van der Waals surface area contributed by atoms with Crippen molar-refractivity contribution < 1.29 is 32.6 Å². The second-order valence-corrected chi connectivity index (χ2v) is 5.02. The van der Waals surface area contributed by atoms with Gasteiger partial charge < -0.3 is 15.6 Å². The number of hydrogen-bond donors (Lipinski definition) is 2. The Labute approximate surface area is 133 Å². The summed E-state index contributed by atoms with van der Waals surface area (Å²) in [6, 6.07) is 7.68. The summed E-state index contributed by atoms with van der Waals surface area (Å²) in [7, 11) is 0. The largest absolute Gasteiger partial charge is 0.490 e. The van der Waals surface area contributed by atoms with Crippen molar-refractivity contribution in [3.63, 3.8) is 0 Å². The highest BCUT2D eigenvalue weighted by molar-refractivity contribution is 7.08. The average Bonchev–Trinajstić information content (AvgIpc) is 2.91. The molecule has 1 amide bonds. The predicted octanol–water partition coefficient (Wildman–Crippen LogP) is 3.81. The predicted molar refractivity (Wildman–Crippen MR) is 78.4 cm³/mol. The van der Waals surface area contributed by atoms with Crippen LogP contribution < -0.4 is 10.5 Å². The van der Waals surface area contributed by atoms with Crippen LogP contribution in [0.4, 0.5) is 18.0 Å². The number of hydrogen-bond acceptors (Lipinski definition) is 4. The van der Waals surface area contributed by atoms with E-state index < -0.39 is 18.2 Å². The lowest BCUT2D eigenvalue weighted by molar-refractivity contribution is -0.192. The van der Waals surface area contributed by atoms with Gasteiger partial charge in [0.1, 0.15) is 5.75 Å². The number of carboxylic acid groups (broad SMARTS) is 1. The Morgan fingerprint density at radius 1 is 1.26 bits per heavy atom. The number of alkyl halides is 3. The second-order valence-electron chi connectivity index (χ2n) is 4.24. The zero-order valence-electron chi connectivity index (χ0n) is 11.8. The minimum atomic E-state index is -5.08. The van der Waals surface area contributed by atoms with Gasteiger partial charge in [-0.3, -0.25) is 0 Å². The first kappa shape index (κ1) is 18.5. The fourth-order valence-electron chi connectivity index (χ4n) is 1.48. The number of ether oxygens (including phenoxy) is 1. The molecule has 0 saturated carbocycles. The lowest BCUT2D eigenvalue weighted by atomic mass is 10.1. The Morgan fingerprint density at radius 2 is 1.87 bits per heavy atom. The van der Waals surface area contributed by atoms with Gasteiger partial charge in [0, 0.05) is 5.56 Å². The van der Waals surface area contributed by atoms with Gasteiger partial charge in [0.15, 0.2) is 0 Å². The maximum absolute atomic E-state index is 10.8. The molecule has 5 nitrogen and oxygen atoms in total.